The first-order valence-corrected chi connectivity index (χ1v) is 10.5. The van der Waals surface area contributed by atoms with Gasteiger partial charge in [0, 0.05) is 52.1 Å². The zero-order valence-corrected chi connectivity index (χ0v) is 17.9. The van der Waals surface area contributed by atoms with Gasteiger partial charge in [0.15, 0.2) is 0 Å². The summed E-state index contributed by atoms with van der Waals surface area (Å²) in [6.45, 7) is 0. The molecule has 0 radical (unpaired) electrons. The lowest BCUT2D eigenvalue weighted by atomic mass is 10.1. The zero-order valence-electron chi connectivity index (χ0n) is 17.9. The van der Waals surface area contributed by atoms with Gasteiger partial charge in [-0.1, -0.05) is 0 Å². The molecular weight excluding hydrogens is 433 g/mol. The highest BCUT2D eigenvalue weighted by atomic mass is 19.1. The van der Waals surface area contributed by atoms with Gasteiger partial charge in [0.1, 0.15) is 5.82 Å². The largest absolute Gasteiger partial charge is 0.367 e. The number of anilines is 4. The van der Waals surface area contributed by atoms with Crippen LogP contribution in [0.3, 0.4) is 0 Å². The molecule has 0 unspecified atom stereocenters. The second kappa shape index (κ2) is 8.95. The maximum absolute atomic E-state index is 14.7. The SMILES string of the molecule is O=C(Nc1ccc(Nc2ccc(NC(=O)c3ccc4[nH]ccc4c3)cc2F)cc1)c1cc[nH]c1. The van der Waals surface area contributed by atoms with Crippen molar-refractivity contribution in [1.82, 2.24) is 9.97 Å². The van der Waals surface area contributed by atoms with E-state index in [1.165, 1.54) is 6.07 Å². The molecule has 0 bridgehead atoms. The van der Waals surface area contributed by atoms with Crippen LogP contribution in [0.1, 0.15) is 20.7 Å². The van der Waals surface area contributed by atoms with Crippen molar-refractivity contribution in [3.05, 3.63) is 108 Å². The number of hydrogen-bond donors (Lipinski definition) is 5. The lowest BCUT2D eigenvalue weighted by Gasteiger charge is -2.11. The van der Waals surface area contributed by atoms with Crippen molar-refractivity contribution in [2.75, 3.05) is 16.0 Å². The van der Waals surface area contributed by atoms with Crippen LogP contribution in [0.5, 0.6) is 0 Å². The summed E-state index contributed by atoms with van der Waals surface area (Å²) < 4.78 is 14.7. The third kappa shape index (κ3) is 4.51. The molecule has 7 nitrogen and oxygen atoms in total. The Labute approximate surface area is 194 Å². The van der Waals surface area contributed by atoms with Crippen molar-refractivity contribution < 1.29 is 14.0 Å². The molecule has 2 aromatic heterocycles. The monoisotopic (exact) mass is 453 g/mol. The van der Waals surface area contributed by atoms with Crippen LogP contribution in [0, 0.1) is 5.82 Å². The van der Waals surface area contributed by atoms with Gasteiger partial charge in [0.05, 0.1) is 11.3 Å². The van der Waals surface area contributed by atoms with E-state index < -0.39 is 5.82 Å². The third-order valence-corrected chi connectivity index (χ3v) is 5.32. The lowest BCUT2D eigenvalue weighted by Crippen LogP contribution is -2.12. The maximum Gasteiger partial charge on any atom is 0.257 e. The molecule has 34 heavy (non-hydrogen) atoms. The molecule has 2 amide bonds. The quantitative estimate of drug-likeness (QED) is 0.222. The Kier molecular flexibility index (Phi) is 5.53. The molecular formula is C26H20FN5O2. The van der Waals surface area contributed by atoms with Crippen LogP contribution in [0.15, 0.2) is 91.4 Å². The van der Waals surface area contributed by atoms with Crippen LogP contribution in [0.25, 0.3) is 10.9 Å². The molecule has 168 valence electrons. The number of benzene rings is 3. The number of carbonyl (C=O) groups is 2. The van der Waals surface area contributed by atoms with E-state index in [2.05, 4.69) is 25.9 Å². The summed E-state index contributed by atoms with van der Waals surface area (Å²) >= 11 is 0. The van der Waals surface area contributed by atoms with E-state index in [1.54, 1.807) is 73.2 Å². The third-order valence-electron chi connectivity index (χ3n) is 5.32. The topological polar surface area (TPSA) is 102 Å². The van der Waals surface area contributed by atoms with Gasteiger partial charge in [-0.25, -0.2) is 4.39 Å². The second-order valence-corrected chi connectivity index (χ2v) is 7.68. The Morgan fingerprint density at radius 3 is 2.21 bits per heavy atom. The predicted molar refractivity (Wildman–Crippen MR) is 131 cm³/mol. The molecule has 0 saturated heterocycles. The Bertz CT molecular complexity index is 1470. The maximum atomic E-state index is 14.7. The highest BCUT2D eigenvalue weighted by Crippen LogP contribution is 2.25. The number of carbonyl (C=O) groups excluding carboxylic acids is 2. The number of halogens is 1. The van der Waals surface area contributed by atoms with Gasteiger partial charge in [0.25, 0.3) is 11.8 Å². The molecule has 5 rings (SSSR count). The molecule has 0 fully saturated rings. The fraction of sp³-hybridized carbons (Fsp3) is 0. The van der Waals surface area contributed by atoms with Gasteiger partial charge in [-0.15, -0.1) is 0 Å². The molecule has 5 aromatic rings. The second-order valence-electron chi connectivity index (χ2n) is 7.68. The van der Waals surface area contributed by atoms with E-state index in [0.717, 1.165) is 10.9 Å². The minimum absolute atomic E-state index is 0.223. The Hall–Kier alpha value is -4.85. The number of aromatic nitrogens is 2. The molecule has 0 spiro atoms. The number of aromatic amines is 2. The smallest absolute Gasteiger partial charge is 0.257 e. The van der Waals surface area contributed by atoms with E-state index in [9.17, 15) is 14.0 Å². The Balaban J connectivity index is 1.23. The average Bonchev–Trinajstić information content (AvgIpc) is 3.54. The van der Waals surface area contributed by atoms with Crippen LogP contribution in [0.4, 0.5) is 27.1 Å². The zero-order chi connectivity index (χ0) is 23.5. The molecule has 3 aromatic carbocycles. The molecule has 0 aliphatic carbocycles. The molecule has 0 saturated carbocycles. The number of rotatable bonds is 6. The van der Waals surface area contributed by atoms with Crippen LogP contribution in [-0.2, 0) is 0 Å². The van der Waals surface area contributed by atoms with Crippen molar-refractivity contribution in [3.8, 4) is 0 Å². The summed E-state index contributed by atoms with van der Waals surface area (Å²) in [5, 5.41) is 9.44. The fourth-order valence-electron chi connectivity index (χ4n) is 3.55. The molecule has 5 N–H and O–H groups in total. The summed E-state index contributed by atoms with van der Waals surface area (Å²) in [5.41, 5.74) is 3.83. The van der Waals surface area contributed by atoms with E-state index in [-0.39, 0.29) is 17.5 Å². The molecule has 0 aliphatic rings. The number of nitrogens with one attached hydrogen (secondary N) is 5. The van der Waals surface area contributed by atoms with Gasteiger partial charge in [-0.2, -0.15) is 0 Å². The van der Waals surface area contributed by atoms with Crippen molar-refractivity contribution in [2.45, 2.75) is 0 Å². The van der Waals surface area contributed by atoms with E-state index in [1.807, 2.05) is 12.1 Å². The fourth-order valence-corrected chi connectivity index (χ4v) is 3.55. The number of amides is 2. The molecule has 8 heteroatoms. The molecule has 2 heterocycles. The summed E-state index contributed by atoms with van der Waals surface area (Å²) in [6, 6.07) is 20.2. The number of fused-ring (bicyclic) bond motifs is 1. The summed E-state index contributed by atoms with van der Waals surface area (Å²) in [4.78, 5) is 30.6. The first-order chi connectivity index (χ1) is 16.5. The van der Waals surface area contributed by atoms with Crippen molar-refractivity contribution >= 4 is 45.5 Å². The average molecular weight is 453 g/mol. The molecule has 0 aliphatic heterocycles. The van der Waals surface area contributed by atoms with E-state index in [0.29, 0.717) is 28.2 Å². The number of hydrogen-bond acceptors (Lipinski definition) is 3. The Morgan fingerprint density at radius 2 is 1.44 bits per heavy atom. The highest BCUT2D eigenvalue weighted by molar-refractivity contribution is 6.06. The van der Waals surface area contributed by atoms with Gasteiger partial charge in [0.2, 0.25) is 0 Å². The summed E-state index contributed by atoms with van der Waals surface area (Å²) in [7, 11) is 0. The van der Waals surface area contributed by atoms with Gasteiger partial charge >= 0.3 is 0 Å². The summed E-state index contributed by atoms with van der Waals surface area (Å²) in [5.74, 6) is -1.05. The Morgan fingerprint density at radius 1 is 0.706 bits per heavy atom. The minimum Gasteiger partial charge on any atom is -0.367 e. The normalized spacial score (nSPS) is 10.7. The van der Waals surface area contributed by atoms with E-state index >= 15 is 0 Å². The van der Waals surface area contributed by atoms with Crippen LogP contribution < -0.4 is 16.0 Å². The standard InChI is InChI=1S/C26H20FN5O2/c27-22-14-21(32-25(33)17-1-7-23-16(13-17)10-12-29-23)6-8-24(22)30-19-2-4-20(5-3-19)31-26(34)18-9-11-28-15-18/h1-15,28-30H,(H,31,34)(H,32,33). The van der Waals surface area contributed by atoms with Crippen LogP contribution in [-0.4, -0.2) is 21.8 Å². The lowest BCUT2D eigenvalue weighted by molar-refractivity contribution is 0.101. The predicted octanol–water partition coefficient (Wildman–Crippen LogP) is 5.88. The van der Waals surface area contributed by atoms with Gasteiger partial charge < -0.3 is 25.9 Å². The first-order valence-electron chi connectivity index (χ1n) is 10.5. The van der Waals surface area contributed by atoms with Crippen LogP contribution in [0.2, 0.25) is 0 Å². The van der Waals surface area contributed by atoms with Crippen LogP contribution >= 0.6 is 0 Å². The summed E-state index contributed by atoms with van der Waals surface area (Å²) in [6.07, 6.45) is 5.09. The highest BCUT2D eigenvalue weighted by Gasteiger charge is 2.11. The molecule has 0 atom stereocenters. The first kappa shape index (κ1) is 21.0. The van der Waals surface area contributed by atoms with Gasteiger partial charge in [-0.3, -0.25) is 9.59 Å². The van der Waals surface area contributed by atoms with Crippen molar-refractivity contribution in [3.63, 3.8) is 0 Å². The van der Waals surface area contributed by atoms with E-state index in [4.69, 9.17) is 0 Å². The minimum atomic E-state index is -0.510. The van der Waals surface area contributed by atoms with Crippen molar-refractivity contribution in [1.29, 1.82) is 0 Å². The number of H-pyrrole nitrogens is 2. The van der Waals surface area contributed by atoms with Crippen molar-refractivity contribution in [2.24, 2.45) is 0 Å². The van der Waals surface area contributed by atoms with Gasteiger partial charge in [-0.05, 0) is 72.8 Å².